The first-order valence-corrected chi connectivity index (χ1v) is 11.0. The van der Waals surface area contributed by atoms with Crippen LogP contribution in [0.3, 0.4) is 0 Å². The number of thioether (sulfide) groups is 1. The topological polar surface area (TPSA) is 59.8 Å². The third kappa shape index (κ3) is 5.58. The minimum Gasteiger partial charge on any atom is -0.352 e. The maximum atomic E-state index is 12.6. The van der Waals surface area contributed by atoms with E-state index in [-0.39, 0.29) is 11.2 Å². The second kappa shape index (κ2) is 9.93. The summed E-state index contributed by atoms with van der Waals surface area (Å²) in [5.74, 6) is 1.06. The molecule has 1 saturated carbocycles. The summed E-state index contributed by atoms with van der Waals surface area (Å²) in [4.78, 5) is 12.6. The molecule has 1 heterocycles. The van der Waals surface area contributed by atoms with Crippen LogP contribution in [0, 0.1) is 0 Å². The summed E-state index contributed by atoms with van der Waals surface area (Å²) in [7, 11) is 0. The lowest BCUT2D eigenvalue weighted by molar-refractivity contribution is -0.121. The first-order chi connectivity index (χ1) is 13.2. The number of aromatic nitrogens is 3. The Morgan fingerprint density at radius 3 is 2.56 bits per heavy atom. The summed E-state index contributed by atoms with van der Waals surface area (Å²) in [6.45, 7) is 4.86. The summed E-state index contributed by atoms with van der Waals surface area (Å²) >= 11 is 1.51. The number of amides is 1. The molecule has 1 aliphatic rings. The molecule has 0 radical (unpaired) electrons. The quantitative estimate of drug-likeness (QED) is 0.572. The normalized spacial score (nSPS) is 16.7. The molecule has 0 saturated heterocycles. The van der Waals surface area contributed by atoms with E-state index in [2.05, 4.69) is 39.1 Å². The molecule has 146 valence electrons. The van der Waals surface area contributed by atoms with Crippen LogP contribution in [0.15, 0.2) is 35.5 Å². The predicted octanol–water partition coefficient (Wildman–Crippen LogP) is 4.21. The van der Waals surface area contributed by atoms with Gasteiger partial charge < -0.3 is 9.88 Å². The molecule has 27 heavy (non-hydrogen) atoms. The number of nitrogens with one attached hydrogen (secondary N) is 1. The van der Waals surface area contributed by atoms with Gasteiger partial charge in [0.15, 0.2) is 5.16 Å². The monoisotopic (exact) mass is 386 g/mol. The second-order valence-electron chi connectivity index (χ2n) is 7.26. The number of hydrogen-bond donors (Lipinski definition) is 1. The Bertz CT molecular complexity index is 723. The summed E-state index contributed by atoms with van der Waals surface area (Å²) in [6, 6.07) is 10.6. The van der Waals surface area contributed by atoms with Gasteiger partial charge >= 0.3 is 0 Å². The van der Waals surface area contributed by atoms with Crippen LogP contribution in [0.2, 0.25) is 0 Å². The van der Waals surface area contributed by atoms with Gasteiger partial charge in [-0.25, -0.2) is 0 Å². The van der Waals surface area contributed by atoms with Crippen LogP contribution in [-0.4, -0.2) is 32.0 Å². The van der Waals surface area contributed by atoms with Crippen molar-refractivity contribution in [1.82, 2.24) is 20.1 Å². The smallest absolute Gasteiger partial charge is 0.233 e. The van der Waals surface area contributed by atoms with Gasteiger partial charge in [-0.3, -0.25) is 4.79 Å². The largest absolute Gasteiger partial charge is 0.352 e. The Labute approximate surface area is 166 Å². The Kier molecular flexibility index (Phi) is 7.33. The lowest BCUT2D eigenvalue weighted by atomic mass is 10.1. The van der Waals surface area contributed by atoms with E-state index in [0.717, 1.165) is 36.8 Å². The van der Waals surface area contributed by atoms with Crippen molar-refractivity contribution in [3.8, 4) is 0 Å². The minimum atomic E-state index is -0.174. The zero-order valence-corrected chi connectivity index (χ0v) is 17.2. The van der Waals surface area contributed by atoms with E-state index < -0.39 is 0 Å². The molecule has 1 atom stereocenters. The van der Waals surface area contributed by atoms with Crippen molar-refractivity contribution in [2.45, 2.75) is 81.8 Å². The molecule has 1 fully saturated rings. The minimum absolute atomic E-state index is 0.113. The zero-order chi connectivity index (χ0) is 19.1. The third-order valence-electron chi connectivity index (χ3n) is 5.17. The van der Waals surface area contributed by atoms with Gasteiger partial charge in [-0.2, -0.15) is 0 Å². The summed E-state index contributed by atoms with van der Waals surface area (Å²) in [5.41, 5.74) is 1.22. The van der Waals surface area contributed by atoms with Crippen molar-refractivity contribution in [3.05, 3.63) is 41.7 Å². The van der Waals surface area contributed by atoms with Crippen molar-refractivity contribution < 1.29 is 4.79 Å². The van der Waals surface area contributed by atoms with Gasteiger partial charge in [0, 0.05) is 19.0 Å². The molecular weight excluding hydrogens is 356 g/mol. The maximum Gasteiger partial charge on any atom is 0.233 e. The van der Waals surface area contributed by atoms with Crippen LogP contribution in [0.5, 0.6) is 0 Å². The standard InChI is InChI=1S/C21H30N4OS/c1-3-25-19(15-17-11-7-6-8-12-17)23-24-21(25)27-16(2)20(26)22-18-13-9-4-5-10-14-18/h6-8,11-12,16,18H,3-5,9-10,13-15H2,1-2H3,(H,22,26)/t16-/m1/s1. The van der Waals surface area contributed by atoms with E-state index in [1.165, 1.54) is 43.0 Å². The summed E-state index contributed by atoms with van der Waals surface area (Å²) in [5, 5.41) is 12.6. The molecule has 1 amide bonds. The van der Waals surface area contributed by atoms with Gasteiger partial charge in [0.05, 0.1) is 5.25 Å². The molecular formula is C21H30N4OS. The molecule has 1 aromatic heterocycles. The molecule has 1 aromatic carbocycles. The van der Waals surface area contributed by atoms with Crippen molar-refractivity contribution in [3.63, 3.8) is 0 Å². The molecule has 1 N–H and O–H groups in total. The first kappa shape index (κ1) is 19.9. The lowest BCUT2D eigenvalue weighted by Crippen LogP contribution is -2.39. The van der Waals surface area contributed by atoms with Gasteiger partial charge in [-0.1, -0.05) is 67.8 Å². The highest BCUT2D eigenvalue weighted by atomic mass is 32.2. The third-order valence-corrected chi connectivity index (χ3v) is 6.25. The fourth-order valence-corrected chi connectivity index (χ4v) is 4.53. The highest BCUT2D eigenvalue weighted by Gasteiger charge is 2.22. The molecule has 0 bridgehead atoms. The Morgan fingerprint density at radius 2 is 1.89 bits per heavy atom. The summed E-state index contributed by atoms with van der Waals surface area (Å²) in [6.07, 6.45) is 8.00. The van der Waals surface area contributed by atoms with Gasteiger partial charge in [-0.05, 0) is 32.3 Å². The molecule has 6 heteroatoms. The second-order valence-corrected chi connectivity index (χ2v) is 8.57. The van der Waals surface area contributed by atoms with Crippen LogP contribution in [0.25, 0.3) is 0 Å². The van der Waals surface area contributed by atoms with Crippen LogP contribution in [0.1, 0.15) is 63.8 Å². The van der Waals surface area contributed by atoms with E-state index in [0.29, 0.717) is 6.04 Å². The summed E-state index contributed by atoms with van der Waals surface area (Å²) < 4.78 is 2.12. The zero-order valence-electron chi connectivity index (χ0n) is 16.4. The number of carbonyl (C=O) groups excluding carboxylic acids is 1. The molecule has 2 aromatic rings. The fraction of sp³-hybridized carbons (Fsp3) is 0.571. The van der Waals surface area contributed by atoms with Crippen LogP contribution < -0.4 is 5.32 Å². The van der Waals surface area contributed by atoms with Crippen molar-refractivity contribution in [2.75, 3.05) is 0 Å². The van der Waals surface area contributed by atoms with Crippen LogP contribution >= 0.6 is 11.8 Å². The average molecular weight is 387 g/mol. The van der Waals surface area contributed by atoms with Crippen molar-refractivity contribution in [1.29, 1.82) is 0 Å². The molecule has 3 rings (SSSR count). The Balaban J connectivity index is 1.61. The van der Waals surface area contributed by atoms with Gasteiger partial charge in [0.2, 0.25) is 5.91 Å². The van der Waals surface area contributed by atoms with Crippen LogP contribution in [-0.2, 0) is 17.8 Å². The van der Waals surface area contributed by atoms with E-state index >= 15 is 0 Å². The maximum absolute atomic E-state index is 12.6. The SMILES string of the molecule is CCn1c(Cc2ccccc2)nnc1S[C@H](C)C(=O)NC1CCCCCC1. The van der Waals surface area contributed by atoms with Crippen molar-refractivity contribution >= 4 is 17.7 Å². The van der Waals surface area contributed by atoms with E-state index in [1.54, 1.807) is 0 Å². The van der Waals surface area contributed by atoms with E-state index in [1.807, 2.05) is 25.1 Å². The molecule has 0 spiro atoms. The molecule has 0 aliphatic heterocycles. The number of rotatable bonds is 7. The van der Waals surface area contributed by atoms with Gasteiger partial charge in [0.1, 0.15) is 5.82 Å². The molecule has 1 aliphatic carbocycles. The lowest BCUT2D eigenvalue weighted by Gasteiger charge is -2.19. The molecule has 5 nitrogen and oxygen atoms in total. The predicted molar refractivity (Wildman–Crippen MR) is 110 cm³/mol. The van der Waals surface area contributed by atoms with E-state index in [9.17, 15) is 4.79 Å². The first-order valence-electron chi connectivity index (χ1n) is 10.1. The van der Waals surface area contributed by atoms with Crippen LogP contribution in [0.4, 0.5) is 0 Å². The van der Waals surface area contributed by atoms with Gasteiger partial charge in [-0.15, -0.1) is 10.2 Å². The Morgan fingerprint density at radius 1 is 1.19 bits per heavy atom. The number of nitrogens with zero attached hydrogens (tertiary/aromatic N) is 3. The van der Waals surface area contributed by atoms with E-state index in [4.69, 9.17) is 0 Å². The molecule has 0 unspecified atom stereocenters. The average Bonchev–Trinajstić information content (AvgIpc) is 2.88. The number of hydrogen-bond acceptors (Lipinski definition) is 4. The highest BCUT2D eigenvalue weighted by Crippen LogP contribution is 2.24. The number of benzene rings is 1. The highest BCUT2D eigenvalue weighted by molar-refractivity contribution is 8.00. The fourth-order valence-electron chi connectivity index (χ4n) is 3.59. The Hall–Kier alpha value is -1.82. The van der Waals surface area contributed by atoms with Crippen molar-refractivity contribution in [2.24, 2.45) is 0 Å². The van der Waals surface area contributed by atoms with Gasteiger partial charge in [0.25, 0.3) is 0 Å². The number of carbonyl (C=O) groups is 1.